The van der Waals surface area contributed by atoms with Crippen molar-refractivity contribution in [2.45, 2.75) is 0 Å². The zero-order valence-corrected chi connectivity index (χ0v) is 15.6. The number of hydrogen-bond donors (Lipinski definition) is 1. The number of nitrogens with one attached hydrogen (secondary N) is 1. The van der Waals surface area contributed by atoms with Crippen LogP contribution in [0.25, 0.3) is 11.3 Å². The van der Waals surface area contributed by atoms with Crippen LogP contribution >= 0.6 is 22.9 Å². The number of carbonyl (C=O) groups is 1. The number of thiazole rings is 1. The van der Waals surface area contributed by atoms with Crippen molar-refractivity contribution in [3.8, 4) is 17.0 Å². The summed E-state index contributed by atoms with van der Waals surface area (Å²) in [6.45, 7) is 0.912. The lowest BCUT2D eigenvalue weighted by molar-refractivity contribution is 0.102. The Hall–Kier alpha value is -2.41. The molecule has 0 atom stereocenters. The SMILES string of the molecule is COCCOc1cccc(C(=O)Nc2nc(-c3ccccc3Cl)cs2)c1. The Morgan fingerprint density at radius 2 is 2.04 bits per heavy atom. The van der Waals surface area contributed by atoms with E-state index >= 15 is 0 Å². The lowest BCUT2D eigenvalue weighted by Gasteiger charge is -2.07. The molecule has 0 aliphatic heterocycles. The molecule has 1 heterocycles. The van der Waals surface area contributed by atoms with Gasteiger partial charge in [-0.2, -0.15) is 0 Å². The average Bonchev–Trinajstić information content (AvgIpc) is 3.11. The van der Waals surface area contributed by atoms with Gasteiger partial charge in [0.2, 0.25) is 0 Å². The number of halogens is 1. The number of rotatable bonds is 7. The summed E-state index contributed by atoms with van der Waals surface area (Å²) in [6, 6.07) is 14.4. The minimum absolute atomic E-state index is 0.248. The van der Waals surface area contributed by atoms with Crippen LogP contribution in [0.2, 0.25) is 5.02 Å². The molecule has 7 heteroatoms. The quantitative estimate of drug-likeness (QED) is 0.594. The van der Waals surface area contributed by atoms with E-state index in [1.54, 1.807) is 31.4 Å². The third kappa shape index (κ3) is 4.60. The van der Waals surface area contributed by atoms with Gasteiger partial charge in [-0.1, -0.05) is 35.9 Å². The molecule has 0 unspecified atom stereocenters. The van der Waals surface area contributed by atoms with Gasteiger partial charge in [-0.05, 0) is 24.3 Å². The van der Waals surface area contributed by atoms with Gasteiger partial charge in [0.15, 0.2) is 5.13 Å². The molecule has 134 valence electrons. The molecule has 5 nitrogen and oxygen atoms in total. The monoisotopic (exact) mass is 388 g/mol. The van der Waals surface area contributed by atoms with Gasteiger partial charge in [-0.3, -0.25) is 10.1 Å². The fraction of sp³-hybridized carbons (Fsp3) is 0.158. The fourth-order valence-electron chi connectivity index (χ4n) is 2.26. The van der Waals surface area contributed by atoms with E-state index in [9.17, 15) is 4.79 Å². The third-order valence-electron chi connectivity index (χ3n) is 3.53. The molecule has 0 spiro atoms. The Labute approximate surface area is 160 Å². The van der Waals surface area contributed by atoms with Crippen LogP contribution in [0.4, 0.5) is 5.13 Å². The summed E-state index contributed by atoms with van der Waals surface area (Å²) >= 11 is 7.54. The van der Waals surface area contributed by atoms with Crippen molar-refractivity contribution < 1.29 is 14.3 Å². The molecule has 26 heavy (non-hydrogen) atoms. The van der Waals surface area contributed by atoms with Crippen molar-refractivity contribution in [2.75, 3.05) is 25.6 Å². The molecule has 1 amide bonds. The summed E-state index contributed by atoms with van der Waals surface area (Å²) in [5.41, 5.74) is 2.06. The number of benzene rings is 2. The van der Waals surface area contributed by atoms with E-state index in [0.717, 1.165) is 11.3 Å². The number of carbonyl (C=O) groups excluding carboxylic acids is 1. The number of hydrogen-bond acceptors (Lipinski definition) is 5. The van der Waals surface area contributed by atoms with Crippen LogP contribution in [0, 0.1) is 0 Å². The maximum absolute atomic E-state index is 12.5. The largest absolute Gasteiger partial charge is 0.491 e. The first-order chi connectivity index (χ1) is 12.7. The molecule has 2 aromatic carbocycles. The van der Waals surface area contributed by atoms with Gasteiger partial charge >= 0.3 is 0 Å². The topological polar surface area (TPSA) is 60.5 Å². The summed E-state index contributed by atoms with van der Waals surface area (Å²) in [5.74, 6) is 0.368. The van der Waals surface area contributed by atoms with Gasteiger partial charge in [-0.25, -0.2) is 4.98 Å². The van der Waals surface area contributed by atoms with Crippen molar-refractivity contribution in [2.24, 2.45) is 0 Å². The average molecular weight is 389 g/mol. The van der Waals surface area contributed by atoms with E-state index in [-0.39, 0.29) is 5.91 Å². The number of anilines is 1. The molecule has 0 saturated carbocycles. The molecule has 0 radical (unpaired) electrons. The van der Waals surface area contributed by atoms with E-state index in [1.807, 2.05) is 29.6 Å². The van der Waals surface area contributed by atoms with E-state index in [2.05, 4.69) is 10.3 Å². The Morgan fingerprint density at radius 1 is 1.19 bits per heavy atom. The van der Waals surface area contributed by atoms with E-state index in [0.29, 0.717) is 34.7 Å². The number of ether oxygens (including phenoxy) is 2. The van der Waals surface area contributed by atoms with Crippen LogP contribution in [-0.4, -0.2) is 31.2 Å². The van der Waals surface area contributed by atoms with E-state index in [1.165, 1.54) is 11.3 Å². The predicted molar refractivity (Wildman–Crippen MR) is 104 cm³/mol. The van der Waals surface area contributed by atoms with Gasteiger partial charge < -0.3 is 9.47 Å². The van der Waals surface area contributed by atoms with Gasteiger partial charge in [0, 0.05) is 28.6 Å². The van der Waals surface area contributed by atoms with Crippen LogP contribution in [0.1, 0.15) is 10.4 Å². The molecule has 3 rings (SSSR count). The zero-order valence-electron chi connectivity index (χ0n) is 14.1. The van der Waals surface area contributed by atoms with Gasteiger partial charge in [0.05, 0.1) is 12.3 Å². The number of aromatic nitrogens is 1. The first kappa shape index (κ1) is 18.4. The van der Waals surface area contributed by atoms with Crippen LogP contribution in [0.15, 0.2) is 53.9 Å². The molecule has 3 aromatic rings. The van der Waals surface area contributed by atoms with Crippen molar-refractivity contribution in [1.29, 1.82) is 0 Å². The van der Waals surface area contributed by atoms with Crippen molar-refractivity contribution in [3.63, 3.8) is 0 Å². The van der Waals surface area contributed by atoms with Crippen molar-refractivity contribution >= 4 is 34.0 Å². The Balaban J connectivity index is 1.69. The standard InChI is InChI=1S/C19H17ClN2O3S/c1-24-9-10-25-14-6-4-5-13(11-14)18(23)22-19-21-17(12-26-19)15-7-2-3-8-16(15)20/h2-8,11-12H,9-10H2,1H3,(H,21,22,23). The van der Waals surface area contributed by atoms with Crippen LogP contribution in [0.5, 0.6) is 5.75 Å². The summed E-state index contributed by atoms with van der Waals surface area (Å²) in [5, 5.41) is 5.80. The minimum Gasteiger partial charge on any atom is -0.491 e. The smallest absolute Gasteiger partial charge is 0.257 e. The molecule has 0 aliphatic rings. The second-order valence-electron chi connectivity index (χ2n) is 5.34. The maximum Gasteiger partial charge on any atom is 0.257 e. The maximum atomic E-state index is 12.5. The lowest BCUT2D eigenvalue weighted by Crippen LogP contribution is -2.12. The van der Waals surface area contributed by atoms with E-state index < -0.39 is 0 Å². The molecular formula is C19H17ClN2O3S. The summed E-state index contributed by atoms with van der Waals surface area (Å²) in [4.78, 5) is 16.9. The number of methoxy groups -OCH3 is 1. The van der Waals surface area contributed by atoms with Crippen LogP contribution in [0.3, 0.4) is 0 Å². The van der Waals surface area contributed by atoms with Crippen molar-refractivity contribution in [1.82, 2.24) is 4.98 Å². The number of amides is 1. The van der Waals surface area contributed by atoms with Gasteiger partial charge in [0.25, 0.3) is 5.91 Å². The molecule has 0 aliphatic carbocycles. The lowest BCUT2D eigenvalue weighted by atomic mass is 10.2. The normalized spacial score (nSPS) is 10.5. The Bertz CT molecular complexity index is 898. The van der Waals surface area contributed by atoms with Crippen LogP contribution in [-0.2, 0) is 4.74 Å². The minimum atomic E-state index is -0.248. The highest BCUT2D eigenvalue weighted by Gasteiger charge is 2.12. The fourth-order valence-corrected chi connectivity index (χ4v) is 3.20. The van der Waals surface area contributed by atoms with Gasteiger partial charge in [0.1, 0.15) is 12.4 Å². The molecule has 0 bridgehead atoms. The van der Waals surface area contributed by atoms with Crippen LogP contribution < -0.4 is 10.1 Å². The Kier molecular flexibility index (Phi) is 6.22. The highest BCUT2D eigenvalue weighted by molar-refractivity contribution is 7.14. The summed E-state index contributed by atoms with van der Waals surface area (Å²) in [6.07, 6.45) is 0. The van der Waals surface area contributed by atoms with Gasteiger partial charge in [-0.15, -0.1) is 11.3 Å². The first-order valence-electron chi connectivity index (χ1n) is 7.91. The molecule has 1 aromatic heterocycles. The molecule has 0 saturated heterocycles. The molecule has 1 N–H and O–H groups in total. The molecule has 0 fully saturated rings. The summed E-state index contributed by atoms with van der Waals surface area (Å²) in [7, 11) is 1.61. The third-order valence-corrected chi connectivity index (χ3v) is 4.61. The summed E-state index contributed by atoms with van der Waals surface area (Å²) < 4.78 is 10.5. The zero-order chi connectivity index (χ0) is 18.4. The second-order valence-corrected chi connectivity index (χ2v) is 6.61. The molecular weight excluding hydrogens is 372 g/mol. The second kappa shape index (κ2) is 8.80. The van der Waals surface area contributed by atoms with E-state index in [4.69, 9.17) is 21.1 Å². The Morgan fingerprint density at radius 3 is 2.85 bits per heavy atom. The highest BCUT2D eigenvalue weighted by Crippen LogP contribution is 2.30. The first-order valence-corrected chi connectivity index (χ1v) is 9.16. The van der Waals surface area contributed by atoms with Crippen molar-refractivity contribution in [3.05, 3.63) is 64.5 Å². The number of nitrogens with zero attached hydrogens (tertiary/aromatic N) is 1. The highest BCUT2D eigenvalue weighted by atomic mass is 35.5. The predicted octanol–water partition coefficient (Wildman–Crippen LogP) is 4.74.